The maximum absolute atomic E-state index is 13.1. The Morgan fingerprint density at radius 3 is 2.61 bits per heavy atom. The lowest BCUT2D eigenvalue weighted by Crippen LogP contribution is -2.55. The van der Waals surface area contributed by atoms with Gasteiger partial charge in [0.2, 0.25) is 11.8 Å². The van der Waals surface area contributed by atoms with Crippen LogP contribution in [0.1, 0.15) is 58.8 Å². The molecule has 0 aromatic heterocycles. The predicted molar refractivity (Wildman–Crippen MR) is 129 cm³/mol. The fraction of sp³-hybridized carbons (Fsp3) is 0.792. The summed E-state index contributed by atoms with van der Waals surface area (Å²) in [7, 11) is -5.16. The molecule has 0 radical (unpaired) electrons. The first-order chi connectivity index (χ1) is 16.9. The van der Waals surface area contributed by atoms with E-state index in [0.717, 1.165) is 19.3 Å². The number of amides is 3. The van der Waals surface area contributed by atoms with E-state index in [9.17, 15) is 32.5 Å². The number of allylic oxidation sites excluding steroid dienone is 2. The average molecular weight is 529 g/mol. The smallest absolute Gasteiger partial charge is 0.407 e. The summed E-state index contributed by atoms with van der Waals surface area (Å²) >= 11 is 0. The standard InChI is InChI=1S/C24H39N3O8S/c1-14(2)8-19(27-24(31)35-13-17-10-15-4-3-5-16(9-15)11-17)22(29)26-20(23(30)36(32,33)34)12-18-6-7-25-21(18)28/h3-4,14-20,23,30H,5-13H2,1-2H3,(H,25,28)(H,26,29)(H,27,31)(H,32,33,34)/p-1/t15-,16+,17?,18+,19+,20+,23?/m1/s1. The van der Waals surface area contributed by atoms with Gasteiger partial charge in [0.25, 0.3) is 0 Å². The first-order valence-electron chi connectivity index (χ1n) is 12.7. The molecule has 204 valence electrons. The van der Waals surface area contributed by atoms with E-state index in [-0.39, 0.29) is 37.2 Å². The van der Waals surface area contributed by atoms with Crippen molar-refractivity contribution >= 4 is 28.0 Å². The normalized spacial score (nSPS) is 28.2. The number of aliphatic hydroxyl groups excluding tert-OH is 1. The van der Waals surface area contributed by atoms with Crippen LogP contribution in [0.3, 0.4) is 0 Å². The minimum absolute atomic E-state index is 0.0159. The third kappa shape index (κ3) is 8.17. The Morgan fingerprint density at radius 1 is 1.25 bits per heavy atom. The Balaban J connectivity index is 1.60. The van der Waals surface area contributed by atoms with Crippen LogP contribution in [0.4, 0.5) is 4.79 Å². The number of ether oxygens (including phenoxy) is 1. The average Bonchev–Trinajstić information content (AvgIpc) is 3.19. The summed E-state index contributed by atoms with van der Waals surface area (Å²) in [5, 5.41) is 17.7. The Bertz CT molecular complexity index is 938. The zero-order valence-electron chi connectivity index (χ0n) is 20.9. The fourth-order valence-corrected chi connectivity index (χ4v) is 6.13. The molecule has 0 spiro atoms. The molecule has 3 amide bonds. The summed E-state index contributed by atoms with van der Waals surface area (Å²) in [5.41, 5.74) is -2.43. The third-order valence-electron chi connectivity index (χ3n) is 7.25. The van der Waals surface area contributed by atoms with Crippen LogP contribution in [-0.4, -0.2) is 66.7 Å². The van der Waals surface area contributed by atoms with Crippen LogP contribution in [0.5, 0.6) is 0 Å². The van der Waals surface area contributed by atoms with Gasteiger partial charge in [-0.1, -0.05) is 26.0 Å². The summed E-state index contributed by atoms with van der Waals surface area (Å²) in [6.45, 7) is 4.32. The van der Waals surface area contributed by atoms with Crippen molar-refractivity contribution in [3.63, 3.8) is 0 Å². The highest BCUT2D eigenvalue weighted by Crippen LogP contribution is 2.39. The van der Waals surface area contributed by atoms with Crippen LogP contribution >= 0.6 is 0 Å². The largest absolute Gasteiger partial charge is 0.746 e. The van der Waals surface area contributed by atoms with Gasteiger partial charge >= 0.3 is 6.09 Å². The third-order valence-corrected chi connectivity index (χ3v) is 8.17. The molecule has 3 rings (SSSR count). The summed E-state index contributed by atoms with van der Waals surface area (Å²) in [6, 6.07) is -2.58. The molecular weight excluding hydrogens is 490 g/mol. The summed E-state index contributed by atoms with van der Waals surface area (Å²) in [6.07, 6.45) is 8.23. The van der Waals surface area contributed by atoms with E-state index in [1.807, 2.05) is 13.8 Å². The van der Waals surface area contributed by atoms with E-state index in [4.69, 9.17) is 4.74 Å². The summed E-state index contributed by atoms with van der Waals surface area (Å²) in [5.74, 6) is -0.405. The van der Waals surface area contributed by atoms with E-state index in [2.05, 4.69) is 28.1 Å². The maximum Gasteiger partial charge on any atom is 0.407 e. The maximum atomic E-state index is 13.1. The number of hydrogen-bond donors (Lipinski definition) is 4. The zero-order valence-corrected chi connectivity index (χ0v) is 21.7. The lowest BCUT2D eigenvalue weighted by Gasteiger charge is -2.35. The number of fused-ring (bicyclic) bond motifs is 2. The van der Waals surface area contributed by atoms with E-state index < -0.39 is 45.6 Å². The van der Waals surface area contributed by atoms with E-state index in [1.54, 1.807) is 0 Å². The van der Waals surface area contributed by atoms with Crippen LogP contribution in [0, 0.1) is 29.6 Å². The molecule has 2 unspecified atom stereocenters. The topological polar surface area (TPSA) is 174 Å². The van der Waals surface area contributed by atoms with Crippen LogP contribution in [0.2, 0.25) is 0 Å². The molecule has 3 aliphatic rings. The molecule has 0 aromatic rings. The van der Waals surface area contributed by atoms with Gasteiger partial charge in [0.1, 0.15) is 16.2 Å². The van der Waals surface area contributed by atoms with Gasteiger partial charge in [-0.15, -0.1) is 0 Å². The number of alkyl carbamates (subject to hydrolysis) is 1. The van der Waals surface area contributed by atoms with Gasteiger partial charge < -0.3 is 30.3 Å². The van der Waals surface area contributed by atoms with Crippen molar-refractivity contribution in [1.82, 2.24) is 16.0 Å². The minimum atomic E-state index is -5.16. The van der Waals surface area contributed by atoms with E-state index in [0.29, 0.717) is 24.8 Å². The predicted octanol–water partition coefficient (Wildman–Crippen LogP) is 0.994. The van der Waals surface area contributed by atoms with Gasteiger partial charge in [-0.3, -0.25) is 9.59 Å². The number of aliphatic hydroxyl groups is 1. The highest BCUT2D eigenvalue weighted by molar-refractivity contribution is 7.86. The zero-order chi connectivity index (χ0) is 26.5. The van der Waals surface area contributed by atoms with Crippen LogP contribution in [0.15, 0.2) is 12.2 Å². The van der Waals surface area contributed by atoms with Crippen molar-refractivity contribution in [2.24, 2.45) is 29.6 Å². The molecule has 2 aliphatic carbocycles. The second-order valence-corrected chi connectivity index (χ2v) is 12.3. The van der Waals surface area contributed by atoms with Crippen molar-refractivity contribution in [2.75, 3.05) is 13.2 Å². The van der Waals surface area contributed by atoms with Gasteiger partial charge in [-0.2, -0.15) is 0 Å². The minimum Gasteiger partial charge on any atom is -0.746 e. The highest BCUT2D eigenvalue weighted by atomic mass is 32.2. The SMILES string of the molecule is CC(C)C[C@H](NC(=O)OCC1C[C@@H]2C=CC[C@H](C1)C2)C(=O)N[C@@H](C[C@@H]1CCNC1=O)C(O)S(=O)(=O)[O-]. The lowest BCUT2D eigenvalue weighted by atomic mass is 9.71. The number of carbonyl (C=O) groups excluding carboxylic acids is 3. The Labute approximate surface area is 212 Å². The molecule has 0 aromatic carbocycles. The fourth-order valence-electron chi connectivity index (χ4n) is 5.55. The Kier molecular flexibility index (Phi) is 9.76. The van der Waals surface area contributed by atoms with E-state index in [1.165, 1.54) is 6.42 Å². The Morgan fingerprint density at radius 2 is 2.00 bits per heavy atom. The Hall–Kier alpha value is -2.18. The molecule has 11 nitrogen and oxygen atoms in total. The monoisotopic (exact) mass is 528 g/mol. The molecule has 1 heterocycles. The van der Waals surface area contributed by atoms with E-state index >= 15 is 0 Å². The quantitative estimate of drug-likeness (QED) is 0.227. The molecule has 2 bridgehead atoms. The van der Waals surface area contributed by atoms with Crippen molar-refractivity contribution < 1.29 is 37.2 Å². The van der Waals surface area contributed by atoms with Gasteiger partial charge in [0.15, 0.2) is 5.44 Å². The van der Waals surface area contributed by atoms with Gasteiger partial charge in [0, 0.05) is 12.5 Å². The number of rotatable bonds is 11. The molecule has 2 fully saturated rings. The molecular formula is C24H38N3O8S-. The number of hydrogen-bond acceptors (Lipinski definition) is 8. The first-order valence-corrected chi connectivity index (χ1v) is 14.2. The second kappa shape index (κ2) is 12.4. The van der Waals surface area contributed by atoms with Crippen molar-refractivity contribution in [3.8, 4) is 0 Å². The van der Waals surface area contributed by atoms with Gasteiger partial charge in [-0.25, -0.2) is 13.2 Å². The summed E-state index contributed by atoms with van der Waals surface area (Å²) < 4.78 is 39.9. The summed E-state index contributed by atoms with van der Waals surface area (Å²) in [4.78, 5) is 37.6. The molecule has 1 saturated heterocycles. The van der Waals surface area contributed by atoms with Crippen molar-refractivity contribution in [3.05, 3.63) is 12.2 Å². The molecule has 12 heteroatoms. The molecule has 36 heavy (non-hydrogen) atoms. The first kappa shape index (κ1) is 28.4. The lowest BCUT2D eigenvalue weighted by molar-refractivity contribution is -0.126. The van der Waals surface area contributed by atoms with Gasteiger partial charge in [-0.05, 0) is 68.6 Å². The van der Waals surface area contributed by atoms with Crippen LogP contribution in [-0.2, 0) is 24.4 Å². The highest BCUT2D eigenvalue weighted by Gasteiger charge is 2.36. The number of carbonyl (C=O) groups is 3. The van der Waals surface area contributed by atoms with Crippen LogP contribution in [0.25, 0.3) is 0 Å². The molecule has 1 aliphatic heterocycles. The number of nitrogens with one attached hydrogen (secondary N) is 3. The van der Waals surface area contributed by atoms with Crippen molar-refractivity contribution in [1.29, 1.82) is 0 Å². The van der Waals surface area contributed by atoms with Gasteiger partial charge in [0.05, 0.1) is 12.6 Å². The molecule has 1 saturated carbocycles. The molecule has 7 atom stereocenters. The van der Waals surface area contributed by atoms with Crippen LogP contribution < -0.4 is 16.0 Å². The van der Waals surface area contributed by atoms with Crippen molar-refractivity contribution in [2.45, 2.75) is 76.3 Å². The molecule has 4 N–H and O–H groups in total. The second-order valence-electron chi connectivity index (χ2n) is 10.8.